The average Bonchev–Trinajstić information content (AvgIpc) is 3.00. The molecule has 164 valence electrons. The average molecular weight is 479 g/mol. The number of hydrogen-bond acceptors (Lipinski definition) is 5. The first-order chi connectivity index (χ1) is 14.1. The summed E-state index contributed by atoms with van der Waals surface area (Å²) < 4.78 is 5.95. The van der Waals surface area contributed by atoms with Crippen LogP contribution in [0.3, 0.4) is 0 Å². The van der Waals surface area contributed by atoms with E-state index in [0.717, 1.165) is 24.8 Å². The number of hydrogen-bond donors (Lipinski definition) is 1. The molecule has 0 aliphatic heterocycles. The molecule has 0 aromatic heterocycles. The first kappa shape index (κ1) is 21.9. The van der Waals surface area contributed by atoms with Gasteiger partial charge < -0.3 is 9.84 Å². The van der Waals surface area contributed by atoms with Crippen LogP contribution in [0.4, 0.5) is 0 Å². The molecule has 0 radical (unpaired) electrons. The van der Waals surface area contributed by atoms with Crippen LogP contribution in [0.25, 0.3) is 0 Å². The number of Topliss-reactive ketones (excluding diaryl/α,β-unsaturated/α-hetero) is 1. The number of carbonyl (C=O) groups excluding carboxylic acids is 3. The molecule has 0 bridgehead atoms. The predicted molar refractivity (Wildman–Crippen MR) is 116 cm³/mol. The van der Waals surface area contributed by atoms with Crippen molar-refractivity contribution in [3.05, 3.63) is 23.8 Å². The minimum absolute atomic E-state index is 0.00308. The van der Waals surface area contributed by atoms with E-state index in [9.17, 15) is 19.5 Å². The van der Waals surface area contributed by atoms with E-state index >= 15 is 0 Å². The molecule has 0 saturated heterocycles. The fourth-order valence-electron chi connectivity index (χ4n) is 7.37. The first-order valence-corrected chi connectivity index (χ1v) is 12.2. The zero-order valence-electron chi connectivity index (χ0n) is 17.9. The fourth-order valence-corrected chi connectivity index (χ4v) is 7.82. The van der Waals surface area contributed by atoms with Gasteiger partial charge in [0.1, 0.15) is 0 Å². The normalized spacial score (nSPS) is 44.6. The Balaban J connectivity index is 1.76. The highest BCUT2D eigenvalue weighted by molar-refractivity contribution is 9.09. The Hall–Kier alpha value is -1.27. The molecule has 5 nitrogen and oxygen atoms in total. The molecule has 7 atom stereocenters. The smallest absolute Gasteiger partial charge is 0.306 e. The highest BCUT2D eigenvalue weighted by Crippen LogP contribution is 2.67. The van der Waals surface area contributed by atoms with Gasteiger partial charge in [0.25, 0.3) is 0 Å². The molecular weight excluding hydrogens is 448 g/mol. The number of halogens is 1. The Kier molecular flexibility index (Phi) is 5.42. The van der Waals surface area contributed by atoms with Crippen LogP contribution in [0.1, 0.15) is 59.3 Å². The lowest BCUT2D eigenvalue weighted by Crippen LogP contribution is -2.62. The standard InChI is InChI=1S/C24H31BrO5/c1-4-20(29)30-24(19(28)13-25)10-8-17-16-6-5-14-11-15(26)7-9-22(14,2)21(16)18(27)12-23(17,24)3/h7,9,11,16-18,21,27H,4-6,8,10,12-13H2,1-3H3/t16-,17-,18-,21+,22-,23-,24+/m0/s1. The van der Waals surface area contributed by atoms with Crippen molar-refractivity contribution >= 4 is 33.5 Å². The Morgan fingerprint density at radius 1 is 1.30 bits per heavy atom. The Morgan fingerprint density at radius 3 is 2.70 bits per heavy atom. The molecule has 3 fully saturated rings. The van der Waals surface area contributed by atoms with Gasteiger partial charge in [-0.2, -0.15) is 0 Å². The van der Waals surface area contributed by atoms with Gasteiger partial charge in [0.2, 0.25) is 0 Å². The zero-order valence-corrected chi connectivity index (χ0v) is 19.5. The van der Waals surface area contributed by atoms with Crippen molar-refractivity contribution in [3.8, 4) is 0 Å². The van der Waals surface area contributed by atoms with E-state index in [1.54, 1.807) is 19.1 Å². The lowest BCUT2D eigenvalue weighted by atomic mass is 9.46. The van der Waals surface area contributed by atoms with Crippen molar-refractivity contribution in [2.24, 2.45) is 28.6 Å². The highest BCUT2D eigenvalue weighted by Gasteiger charge is 2.70. The first-order valence-electron chi connectivity index (χ1n) is 11.1. The van der Waals surface area contributed by atoms with Gasteiger partial charge in [-0.05, 0) is 56.1 Å². The molecule has 0 aromatic carbocycles. The van der Waals surface area contributed by atoms with Crippen LogP contribution >= 0.6 is 15.9 Å². The summed E-state index contributed by atoms with van der Waals surface area (Å²) in [5.74, 6) is -0.0582. The Bertz CT molecular complexity index is 847. The summed E-state index contributed by atoms with van der Waals surface area (Å²) in [7, 11) is 0. The number of esters is 1. The molecule has 0 spiro atoms. The molecule has 0 unspecified atom stereocenters. The van der Waals surface area contributed by atoms with E-state index in [1.807, 2.05) is 13.0 Å². The number of rotatable bonds is 4. The summed E-state index contributed by atoms with van der Waals surface area (Å²) in [6, 6.07) is 0. The van der Waals surface area contributed by atoms with Gasteiger partial charge in [0.15, 0.2) is 17.2 Å². The number of fused-ring (bicyclic) bond motifs is 5. The van der Waals surface area contributed by atoms with Crippen LogP contribution in [0.15, 0.2) is 23.8 Å². The van der Waals surface area contributed by atoms with E-state index in [4.69, 9.17) is 4.74 Å². The summed E-state index contributed by atoms with van der Waals surface area (Å²) in [5.41, 5.74) is -1.02. The molecule has 4 aliphatic carbocycles. The van der Waals surface area contributed by atoms with E-state index in [-0.39, 0.29) is 52.5 Å². The third-order valence-corrected chi connectivity index (χ3v) is 9.27. The second-order valence-corrected chi connectivity index (χ2v) is 10.5. The summed E-state index contributed by atoms with van der Waals surface area (Å²) in [6.45, 7) is 5.91. The lowest BCUT2D eigenvalue weighted by Gasteiger charge is -2.59. The second kappa shape index (κ2) is 7.40. The lowest BCUT2D eigenvalue weighted by molar-refractivity contribution is -0.197. The topological polar surface area (TPSA) is 80.7 Å². The van der Waals surface area contributed by atoms with Gasteiger partial charge in [0.05, 0.1) is 11.4 Å². The van der Waals surface area contributed by atoms with Crippen LogP contribution in [0.5, 0.6) is 0 Å². The Labute approximate surface area is 186 Å². The molecule has 4 rings (SSSR count). The third kappa shape index (κ3) is 2.85. The molecule has 1 N–H and O–H groups in total. The van der Waals surface area contributed by atoms with Crippen LogP contribution in [-0.2, 0) is 19.1 Å². The molecule has 4 aliphatic rings. The third-order valence-electron chi connectivity index (χ3n) is 8.76. The SMILES string of the molecule is CCC(=O)O[C@@]1(C(=O)CBr)CC[C@H]2[C@@H]3CCC4=CC(=O)C=C[C@]4(C)[C@H]3[C@@H](O)C[C@@]21C. The van der Waals surface area contributed by atoms with Gasteiger partial charge in [-0.3, -0.25) is 14.4 Å². The molecule has 30 heavy (non-hydrogen) atoms. The number of aliphatic hydroxyl groups excluding tert-OH is 1. The molecule has 0 amide bonds. The molecular formula is C24H31BrO5. The number of ketones is 2. The van der Waals surface area contributed by atoms with Crippen LogP contribution in [0.2, 0.25) is 0 Å². The highest BCUT2D eigenvalue weighted by atomic mass is 79.9. The largest absolute Gasteiger partial charge is 0.450 e. The minimum atomic E-state index is -1.18. The molecule has 3 saturated carbocycles. The quantitative estimate of drug-likeness (QED) is 0.489. The maximum Gasteiger partial charge on any atom is 0.306 e. The van der Waals surface area contributed by atoms with E-state index < -0.39 is 17.1 Å². The van der Waals surface area contributed by atoms with Gasteiger partial charge in [-0.15, -0.1) is 0 Å². The monoisotopic (exact) mass is 478 g/mol. The number of ether oxygens (including phenoxy) is 1. The van der Waals surface area contributed by atoms with Gasteiger partial charge in [-0.25, -0.2) is 0 Å². The van der Waals surface area contributed by atoms with Crippen molar-refractivity contribution in [2.75, 3.05) is 5.33 Å². The maximum atomic E-state index is 13.2. The summed E-state index contributed by atoms with van der Waals surface area (Å²) in [6.07, 6.45) is 8.37. The Morgan fingerprint density at radius 2 is 2.03 bits per heavy atom. The van der Waals surface area contributed by atoms with E-state index in [1.165, 1.54) is 0 Å². The zero-order chi connectivity index (χ0) is 21.9. The van der Waals surface area contributed by atoms with Crippen molar-refractivity contribution in [1.29, 1.82) is 0 Å². The maximum absolute atomic E-state index is 13.2. The van der Waals surface area contributed by atoms with Gasteiger partial charge >= 0.3 is 5.97 Å². The van der Waals surface area contributed by atoms with Gasteiger partial charge in [0, 0.05) is 23.2 Å². The van der Waals surface area contributed by atoms with Crippen LogP contribution < -0.4 is 0 Å². The summed E-state index contributed by atoms with van der Waals surface area (Å²) in [5, 5.41) is 11.6. The van der Waals surface area contributed by atoms with Crippen molar-refractivity contribution in [1.82, 2.24) is 0 Å². The summed E-state index contributed by atoms with van der Waals surface area (Å²) in [4.78, 5) is 37.5. The van der Waals surface area contributed by atoms with Crippen LogP contribution in [0, 0.1) is 28.6 Å². The minimum Gasteiger partial charge on any atom is -0.450 e. The van der Waals surface area contributed by atoms with Gasteiger partial charge in [-0.1, -0.05) is 48.4 Å². The number of alkyl halides is 1. The number of aliphatic hydroxyl groups is 1. The predicted octanol–water partition coefficient (Wildman–Crippen LogP) is 3.92. The second-order valence-electron chi connectivity index (χ2n) is 9.96. The van der Waals surface area contributed by atoms with Crippen LogP contribution in [-0.4, -0.2) is 39.7 Å². The molecule has 6 heteroatoms. The van der Waals surface area contributed by atoms with E-state index in [0.29, 0.717) is 12.8 Å². The number of allylic oxidation sites excluding steroid dienone is 4. The molecule has 0 heterocycles. The van der Waals surface area contributed by atoms with Crippen molar-refractivity contribution < 1.29 is 24.2 Å². The summed E-state index contributed by atoms with van der Waals surface area (Å²) >= 11 is 3.30. The number of carbonyl (C=O) groups is 3. The van der Waals surface area contributed by atoms with Crippen molar-refractivity contribution in [2.45, 2.75) is 71.0 Å². The van der Waals surface area contributed by atoms with E-state index in [2.05, 4.69) is 22.9 Å². The molecule has 0 aromatic rings. The fraction of sp³-hybridized carbons (Fsp3) is 0.708. The van der Waals surface area contributed by atoms with Crippen molar-refractivity contribution in [3.63, 3.8) is 0 Å².